The average molecular weight is 237 g/mol. The summed E-state index contributed by atoms with van der Waals surface area (Å²) >= 11 is 0. The van der Waals surface area contributed by atoms with Gasteiger partial charge in [-0.1, -0.05) is 6.07 Å². The summed E-state index contributed by atoms with van der Waals surface area (Å²) in [6.07, 6.45) is 5.25. The SMILES string of the molecule is Fc1cccc(F)c1CNCC1(C2CC2)CC1. The van der Waals surface area contributed by atoms with Crippen LogP contribution >= 0.6 is 0 Å². The molecule has 2 saturated carbocycles. The van der Waals surface area contributed by atoms with E-state index in [0.29, 0.717) is 12.0 Å². The molecule has 0 aromatic heterocycles. The third-order valence-electron chi connectivity index (χ3n) is 4.18. The van der Waals surface area contributed by atoms with Crippen molar-refractivity contribution in [2.24, 2.45) is 11.3 Å². The minimum Gasteiger partial charge on any atom is -0.312 e. The Morgan fingerprint density at radius 3 is 2.35 bits per heavy atom. The first kappa shape index (κ1) is 11.1. The molecule has 1 N–H and O–H groups in total. The molecule has 0 atom stereocenters. The molecular weight excluding hydrogens is 220 g/mol. The van der Waals surface area contributed by atoms with Crippen molar-refractivity contribution in [2.45, 2.75) is 32.2 Å². The summed E-state index contributed by atoms with van der Waals surface area (Å²) in [4.78, 5) is 0. The quantitative estimate of drug-likeness (QED) is 0.829. The van der Waals surface area contributed by atoms with Gasteiger partial charge in [0.05, 0.1) is 0 Å². The zero-order valence-corrected chi connectivity index (χ0v) is 9.81. The van der Waals surface area contributed by atoms with Crippen LogP contribution in [-0.4, -0.2) is 6.54 Å². The molecule has 2 aliphatic rings. The second kappa shape index (κ2) is 4.05. The highest BCUT2D eigenvalue weighted by molar-refractivity contribution is 5.19. The molecule has 0 heterocycles. The Bertz CT molecular complexity index is 402. The van der Waals surface area contributed by atoms with E-state index in [-0.39, 0.29) is 5.56 Å². The van der Waals surface area contributed by atoms with Gasteiger partial charge in [-0.3, -0.25) is 0 Å². The average Bonchev–Trinajstić information content (AvgIpc) is 3.14. The molecule has 0 saturated heterocycles. The molecule has 2 fully saturated rings. The van der Waals surface area contributed by atoms with E-state index in [0.717, 1.165) is 12.5 Å². The Kier molecular flexibility index (Phi) is 2.66. The summed E-state index contributed by atoms with van der Waals surface area (Å²) in [6.45, 7) is 1.21. The van der Waals surface area contributed by atoms with E-state index in [4.69, 9.17) is 0 Å². The highest BCUT2D eigenvalue weighted by atomic mass is 19.1. The Balaban J connectivity index is 1.57. The van der Waals surface area contributed by atoms with Crippen molar-refractivity contribution in [1.82, 2.24) is 5.32 Å². The summed E-state index contributed by atoms with van der Waals surface area (Å²) in [5.74, 6) is -0.0250. The van der Waals surface area contributed by atoms with Crippen LogP contribution in [0.3, 0.4) is 0 Å². The predicted octanol–water partition coefficient (Wildman–Crippen LogP) is 3.24. The minimum atomic E-state index is -0.450. The summed E-state index contributed by atoms with van der Waals surface area (Å²) in [6, 6.07) is 4.03. The summed E-state index contributed by atoms with van der Waals surface area (Å²) < 4.78 is 26.8. The van der Waals surface area contributed by atoms with Crippen molar-refractivity contribution in [3.05, 3.63) is 35.4 Å². The Morgan fingerprint density at radius 2 is 1.82 bits per heavy atom. The van der Waals surface area contributed by atoms with Crippen LogP contribution in [0.4, 0.5) is 8.78 Å². The zero-order valence-electron chi connectivity index (χ0n) is 9.81. The molecule has 0 amide bonds. The normalized spacial score (nSPS) is 21.5. The molecule has 0 spiro atoms. The molecule has 1 aromatic carbocycles. The minimum absolute atomic E-state index is 0.166. The van der Waals surface area contributed by atoms with Gasteiger partial charge in [0, 0.05) is 18.7 Å². The van der Waals surface area contributed by atoms with Gasteiger partial charge in [0.15, 0.2) is 0 Å². The van der Waals surface area contributed by atoms with Crippen LogP contribution < -0.4 is 5.32 Å². The smallest absolute Gasteiger partial charge is 0.130 e. The van der Waals surface area contributed by atoms with E-state index in [1.54, 1.807) is 0 Å². The molecule has 0 bridgehead atoms. The predicted molar refractivity (Wildman–Crippen MR) is 62.5 cm³/mol. The number of hydrogen-bond acceptors (Lipinski definition) is 1. The molecule has 2 aliphatic carbocycles. The molecule has 1 nitrogen and oxygen atoms in total. The highest BCUT2D eigenvalue weighted by Crippen LogP contribution is 2.60. The number of halogens is 2. The van der Waals surface area contributed by atoms with Crippen LogP contribution in [0.2, 0.25) is 0 Å². The molecule has 3 heteroatoms. The first-order valence-electron chi connectivity index (χ1n) is 6.35. The Labute approximate surface area is 100 Å². The fraction of sp³-hybridized carbons (Fsp3) is 0.571. The van der Waals surface area contributed by atoms with Crippen LogP contribution in [0.15, 0.2) is 18.2 Å². The van der Waals surface area contributed by atoms with Gasteiger partial charge in [0.1, 0.15) is 11.6 Å². The maximum absolute atomic E-state index is 13.4. The molecule has 17 heavy (non-hydrogen) atoms. The van der Waals surface area contributed by atoms with Gasteiger partial charge in [-0.05, 0) is 49.1 Å². The van der Waals surface area contributed by atoms with Crippen LogP contribution in [0.1, 0.15) is 31.2 Å². The van der Waals surface area contributed by atoms with Gasteiger partial charge >= 0.3 is 0 Å². The third kappa shape index (κ3) is 2.21. The van der Waals surface area contributed by atoms with Gasteiger partial charge in [0.2, 0.25) is 0 Å². The summed E-state index contributed by atoms with van der Waals surface area (Å²) in [5, 5.41) is 3.23. The summed E-state index contributed by atoms with van der Waals surface area (Å²) in [5.41, 5.74) is 0.640. The van der Waals surface area contributed by atoms with Crippen molar-refractivity contribution in [2.75, 3.05) is 6.54 Å². The molecule has 3 rings (SSSR count). The van der Waals surface area contributed by atoms with E-state index in [9.17, 15) is 8.78 Å². The number of benzene rings is 1. The van der Waals surface area contributed by atoms with E-state index < -0.39 is 11.6 Å². The van der Waals surface area contributed by atoms with Gasteiger partial charge < -0.3 is 5.32 Å². The second-order valence-electron chi connectivity index (χ2n) is 5.44. The molecular formula is C14H17F2N. The van der Waals surface area contributed by atoms with Gasteiger partial charge in [-0.2, -0.15) is 0 Å². The molecule has 0 radical (unpaired) electrons. The monoisotopic (exact) mass is 237 g/mol. The third-order valence-corrected chi connectivity index (χ3v) is 4.18. The van der Waals surface area contributed by atoms with E-state index >= 15 is 0 Å². The maximum atomic E-state index is 13.4. The Morgan fingerprint density at radius 1 is 1.18 bits per heavy atom. The van der Waals surface area contributed by atoms with Crippen molar-refractivity contribution in [3.8, 4) is 0 Å². The molecule has 0 aliphatic heterocycles. The van der Waals surface area contributed by atoms with Crippen molar-refractivity contribution < 1.29 is 8.78 Å². The topological polar surface area (TPSA) is 12.0 Å². The lowest BCUT2D eigenvalue weighted by molar-refractivity contribution is 0.398. The van der Waals surface area contributed by atoms with Crippen molar-refractivity contribution in [1.29, 1.82) is 0 Å². The standard InChI is InChI=1S/C14H17F2N/c15-12-2-1-3-13(16)11(12)8-17-9-14(6-7-14)10-4-5-10/h1-3,10,17H,4-9H2. The number of nitrogens with one attached hydrogen (secondary N) is 1. The lowest BCUT2D eigenvalue weighted by atomic mass is 10.0. The van der Waals surface area contributed by atoms with Crippen LogP contribution in [0, 0.1) is 23.0 Å². The summed E-state index contributed by atoms with van der Waals surface area (Å²) in [7, 11) is 0. The fourth-order valence-electron chi connectivity index (χ4n) is 2.72. The number of hydrogen-bond donors (Lipinski definition) is 1. The maximum Gasteiger partial charge on any atom is 0.130 e. The van der Waals surface area contributed by atoms with Crippen molar-refractivity contribution in [3.63, 3.8) is 0 Å². The van der Waals surface area contributed by atoms with Gasteiger partial charge in [-0.15, -0.1) is 0 Å². The first-order valence-corrected chi connectivity index (χ1v) is 6.35. The zero-order chi connectivity index (χ0) is 11.9. The Hall–Kier alpha value is -0.960. The number of rotatable bonds is 5. The lowest BCUT2D eigenvalue weighted by Gasteiger charge is -2.15. The van der Waals surface area contributed by atoms with Gasteiger partial charge in [0.25, 0.3) is 0 Å². The largest absolute Gasteiger partial charge is 0.312 e. The lowest BCUT2D eigenvalue weighted by Crippen LogP contribution is -2.25. The molecule has 92 valence electrons. The van der Waals surface area contributed by atoms with E-state index in [1.165, 1.54) is 43.9 Å². The fourth-order valence-corrected chi connectivity index (χ4v) is 2.72. The van der Waals surface area contributed by atoms with Crippen LogP contribution in [0.25, 0.3) is 0 Å². The highest BCUT2D eigenvalue weighted by Gasteiger charge is 2.53. The van der Waals surface area contributed by atoms with Gasteiger partial charge in [-0.25, -0.2) is 8.78 Å². The van der Waals surface area contributed by atoms with E-state index in [1.807, 2.05) is 0 Å². The van der Waals surface area contributed by atoms with E-state index in [2.05, 4.69) is 5.32 Å². The second-order valence-corrected chi connectivity index (χ2v) is 5.44. The van der Waals surface area contributed by atoms with Crippen LogP contribution in [-0.2, 0) is 6.54 Å². The van der Waals surface area contributed by atoms with Crippen LogP contribution in [0.5, 0.6) is 0 Å². The molecule has 1 aromatic rings. The molecule has 0 unspecified atom stereocenters. The van der Waals surface area contributed by atoms with Crippen molar-refractivity contribution >= 4 is 0 Å². The first-order chi connectivity index (χ1) is 8.21.